The molecule has 0 radical (unpaired) electrons. The second kappa shape index (κ2) is 5.75. The maximum atomic E-state index is 5.52. The molecule has 6 nitrogen and oxygen atoms in total. The summed E-state index contributed by atoms with van der Waals surface area (Å²) in [5.74, 6) is 2.00. The molecule has 0 aliphatic rings. The first-order valence-electron chi connectivity index (χ1n) is 5.64. The fourth-order valence-corrected chi connectivity index (χ4v) is 1.77. The molecule has 0 aliphatic carbocycles. The van der Waals surface area contributed by atoms with E-state index in [1.165, 1.54) is 0 Å². The number of nitrogens with one attached hydrogen (secondary N) is 1. The summed E-state index contributed by atoms with van der Waals surface area (Å²) in [5.41, 5.74) is 0.685. The van der Waals surface area contributed by atoms with Crippen LogP contribution in [0.1, 0.15) is 6.92 Å². The van der Waals surface area contributed by atoms with Gasteiger partial charge in [0.05, 0.1) is 20.8 Å². The van der Waals surface area contributed by atoms with Crippen LogP contribution in [-0.2, 0) is 0 Å². The van der Waals surface area contributed by atoms with E-state index in [1.54, 1.807) is 26.4 Å². The molecular formula is C12H14N2O4S. The Labute approximate surface area is 115 Å². The van der Waals surface area contributed by atoms with Crippen LogP contribution in [0.25, 0.3) is 11.5 Å². The summed E-state index contributed by atoms with van der Waals surface area (Å²) >= 11 is 4.85. The number of aromatic nitrogens is 2. The molecule has 2 aromatic rings. The predicted molar refractivity (Wildman–Crippen MR) is 71.4 cm³/mol. The van der Waals surface area contributed by atoms with Crippen molar-refractivity contribution in [3.8, 4) is 28.7 Å². The molecule has 0 unspecified atom stereocenters. The minimum absolute atomic E-state index is 0.210. The lowest BCUT2D eigenvalue weighted by Crippen LogP contribution is -1.99. The van der Waals surface area contributed by atoms with E-state index < -0.39 is 0 Å². The lowest BCUT2D eigenvalue weighted by atomic mass is 10.2. The lowest BCUT2D eigenvalue weighted by molar-refractivity contribution is 0.288. The fraction of sp³-hybridized carbons (Fsp3) is 0.333. The molecule has 1 N–H and O–H groups in total. The summed E-state index contributed by atoms with van der Waals surface area (Å²) in [6, 6.07) is 3.50. The average Bonchev–Trinajstić information content (AvgIpc) is 2.85. The highest BCUT2D eigenvalue weighted by molar-refractivity contribution is 7.71. The van der Waals surface area contributed by atoms with Crippen LogP contribution >= 0.6 is 12.2 Å². The molecule has 0 spiro atoms. The second-order valence-corrected chi connectivity index (χ2v) is 3.93. The zero-order chi connectivity index (χ0) is 13.8. The Morgan fingerprint density at radius 1 is 1.26 bits per heavy atom. The normalized spacial score (nSPS) is 10.3. The van der Waals surface area contributed by atoms with E-state index in [2.05, 4.69) is 10.2 Å². The topological polar surface area (TPSA) is 69.5 Å². The number of hydrogen-bond acceptors (Lipinski definition) is 6. The van der Waals surface area contributed by atoms with Crippen LogP contribution in [0.15, 0.2) is 16.5 Å². The van der Waals surface area contributed by atoms with Gasteiger partial charge in [-0.2, -0.15) is 0 Å². The van der Waals surface area contributed by atoms with Gasteiger partial charge in [0, 0.05) is 5.56 Å². The Hall–Kier alpha value is -2.02. The minimum Gasteiger partial charge on any atom is -0.493 e. The molecule has 2 rings (SSSR count). The highest BCUT2D eigenvalue weighted by atomic mass is 32.1. The molecule has 0 amide bonds. The van der Waals surface area contributed by atoms with Crippen molar-refractivity contribution in [2.45, 2.75) is 6.92 Å². The van der Waals surface area contributed by atoms with Gasteiger partial charge in [-0.1, -0.05) is 0 Å². The maximum absolute atomic E-state index is 5.52. The van der Waals surface area contributed by atoms with Crippen molar-refractivity contribution in [3.05, 3.63) is 17.0 Å². The predicted octanol–water partition coefficient (Wildman–Crippen LogP) is 2.82. The van der Waals surface area contributed by atoms with Crippen molar-refractivity contribution < 1.29 is 18.6 Å². The van der Waals surface area contributed by atoms with Crippen LogP contribution in [0.4, 0.5) is 0 Å². The van der Waals surface area contributed by atoms with Crippen LogP contribution in [0, 0.1) is 4.84 Å². The van der Waals surface area contributed by atoms with Crippen molar-refractivity contribution in [2.75, 3.05) is 20.8 Å². The van der Waals surface area contributed by atoms with Gasteiger partial charge < -0.3 is 18.6 Å². The summed E-state index contributed by atoms with van der Waals surface area (Å²) in [7, 11) is 3.11. The lowest BCUT2D eigenvalue weighted by Gasteiger charge is -2.14. The Morgan fingerprint density at radius 3 is 2.32 bits per heavy atom. The molecule has 0 bridgehead atoms. The van der Waals surface area contributed by atoms with Crippen LogP contribution in [0.3, 0.4) is 0 Å². The summed E-state index contributed by atoms with van der Waals surface area (Å²) in [6.45, 7) is 2.40. The fourth-order valence-electron chi connectivity index (χ4n) is 1.64. The minimum atomic E-state index is 0.210. The zero-order valence-electron chi connectivity index (χ0n) is 10.9. The maximum Gasteiger partial charge on any atom is 0.284 e. The first kappa shape index (κ1) is 13.4. The van der Waals surface area contributed by atoms with Gasteiger partial charge in [0.25, 0.3) is 4.84 Å². The molecule has 0 saturated heterocycles. The molecular weight excluding hydrogens is 268 g/mol. The van der Waals surface area contributed by atoms with Gasteiger partial charge in [-0.25, -0.2) is 5.10 Å². The third kappa shape index (κ3) is 2.70. The van der Waals surface area contributed by atoms with Gasteiger partial charge in [0.2, 0.25) is 11.6 Å². The highest BCUT2D eigenvalue weighted by Gasteiger charge is 2.16. The van der Waals surface area contributed by atoms with Gasteiger partial charge in [-0.05, 0) is 31.3 Å². The third-order valence-electron chi connectivity index (χ3n) is 2.43. The molecule has 102 valence electrons. The van der Waals surface area contributed by atoms with Crippen LogP contribution < -0.4 is 14.2 Å². The van der Waals surface area contributed by atoms with E-state index in [1.807, 2.05) is 6.92 Å². The van der Waals surface area contributed by atoms with Gasteiger partial charge in [0.15, 0.2) is 11.5 Å². The van der Waals surface area contributed by atoms with E-state index in [4.69, 9.17) is 30.8 Å². The van der Waals surface area contributed by atoms with Crippen molar-refractivity contribution in [3.63, 3.8) is 0 Å². The smallest absolute Gasteiger partial charge is 0.284 e. The monoisotopic (exact) mass is 282 g/mol. The molecule has 1 aromatic carbocycles. The molecule has 0 saturated carbocycles. The molecule has 0 aliphatic heterocycles. The number of hydrogen-bond donors (Lipinski definition) is 1. The second-order valence-electron chi connectivity index (χ2n) is 3.56. The van der Waals surface area contributed by atoms with E-state index in [0.717, 1.165) is 0 Å². The number of rotatable bonds is 5. The number of aromatic amines is 1. The van der Waals surface area contributed by atoms with Gasteiger partial charge in [0.1, 0.15) is 0 Å². The quantitative estimate of drug-likeness (QED) is 0.850. The van der Waals surface area contributed by atoms with Gasteiger partial charge in [-0.15, -0.1) is 5.10 Å². The molecule has 1 heterocycles. The summed E-state index contributed by atoms with van der Waals surface area (Å²) in [5, 5.41) is 6.53. The Kier molecular flexibility index (Phi) is 4.06. The van der Waals surface area contributed by atoms with Crippen molar-refractivity contribution in [1.82, 2.24) is 10.2 Å². The van der Waals surface area contributed by atoms with Gasteiger partial charge in [-0.3, -0.25) is 0 Å². The third-order valence-corrected chi connectivity index (χ3v) is 2.61. The van der Waals surface area contributed by atoms with E-state index in [9.17, 15) is 0 Å². The van der Waals surface area contributed by atoms with Crippen LogP contribution in [0.2, 0.25) is 0 Å². The summed E-state index contributed by atoms with van der Waals surface area (Å²) in [4.78, 5) is 0.210. The average molecular weight is 282 g/mol. The SMILES string of the molecule is CCOc1c(OC)cc(-c2n[nH]c(=S)o2)cc1OC. The number of methoxy groups -OCH3 is 2. The first-order chi connectivity index (χ1) is 9.19. The number of benzene rings is 1. The van der Waals surface area contributed by atoms with Crippen molar-refractivity contribution >= 4 is 12.2 Å². The number of nitrogens with zero attached hydrogens (tertiary/aromatic N) is 1. The van der Waals surface area contributed by atoms with E-state index in [0.29, 0.717) is 35.3 Å². The van der Waals surface area contributed by atoms with Crippen molar-refractivity contribution in [1.29, 1.82) is 0 Å². The highest BCUT2D eigenvalue weighted by Crippen LogP contribution is 2.41. The number of ether oxygens (including phenoxy) is 3. The Balaban J connectivity index is 2.55. The van der Waals surface area contributed by atoms with Crippen LogP contribution in [-0.4, -0.2) is 31.0 Å². The zero-order valence-corrected chi connectivity index (χ0v) is 11.7. The number of H-pyrrole nitrogens is 1. The standard InChI is InChI=1S/C12H14N2O4S/c1-4-17-10-8(15-2)5-7(6-9(10)16-3)11-13-14-12(19)18-11/h5-6H,4H2,1-3H3,(H,14,19). The summed E-state index contributed by atoms with van der Waals surface area (Å²) in [6.07, 6.45) is 0. The molecule has 7 heteroatoms. The first-order valence-corrected chi connectivity index (χ1v) is 6.05. The van der Waals surface area contributed by atoms with Gasteiger partial charge >= 0.3 is 0 Å². The Bertz CT molecular complexity index is 595. The molecule has 0 fully saturated rings. The summed E-state index contributed by atoms with van der Waals surface area (Å²) < 4.78 is 21.4. The largest absolute Gasteiger partial charge is 0.493 e. The van der Waals surface area contributed by atoms with Crippen molar-refractivity contribution in [2.24, 2.45) is 0 Å². The van der Waals surface area contributed by atoms with Crippen LogP contribution in [0.5, 0.6) is 17.2 Å². The van der Waals surface area contributed by atoms with E-state index >= 15 is 0 Å². The molecule has 19 heavy (non-hydrogen) atoms. The van der Waals surface area contributed by atoms with E-state index in [-0.39, 0.29) is 4.84 Å². The molecule has 1 aromatic heterocycles. The Morgan fingerprint density at radius 2 is 1.89 bits per heavy atom. The molecule has 0 atom stereocenters.